The molecule has 20 heavy (non-hydrogen) atoms. The van der Waals surface area contributed by atoms with E-state index in [0.717, 1.165) is 12.8 Å². The monoisotopic (exact) mass is 285 g/mol. The Labute approximate surface area is 118 Å². The van der Waals surface area contributed by atoms with E-state index in [-0.39, 0.29) is 24.3 Å². The van der Waals surface area contributed by atoms with Crippen molar-refractivity contribution in [2.45, 2.75) is 32.1 Å². The molecule has 0 aliphatic carbocycles. The van der Waals surface area contributed by atoms with Crippen molar-refractivity contribution in [3.63, 3.8) is 0 Å². The summed E-state index contributed by atoms with van der Waals surface area (Å²) in [7, 11) is 1.68. The summed E-state index contributed by atoms with van der Waals surface area (Å²) in [4.78, 5) is 36.7. The highest BCUT2D eigenvalue weighted by atomic mass is 16.4. The number of aliphatic carboxylic acids is 1. The molecule has 0 aromatic rings. The van der Waals surface area contributed by atoms with Gasteiger partial charge in [-0.2, -0.15) is 0 Å². The second-order valence-corrected chi connectivity index (χ2v) is 5.30. The normalized spacial score (nSPS) is 15.9. The number of hydrogen-bond donors (Lipinski definition) is 2. The molecule has 1 heterocycles. The molecule has 3 N–H and O–H groups in total. The quantitative estimate of drug-likeness (QED) is 0.741. The molecule has 3 amide bonds. The van der Waals surface area contributed by atoms with Crippen LogP contribution in [0.25, 0.3) is 0 Å². The molecule has 0 unspecified atom stereocenters. The molecule has 0 atom stereocenters. The number of amides is 3. The molecule has 0 bridgehead atoms. The summed E-state index contributed by atoms with van der Waals surface area (Å²) >= 11 is 0. The van der Waals surface area contributed by atoms with Crippen molar-refractivity contribution in [3.8, 4) is 0 Å². The highest BCUT2D eigenvalue weighted by Gasteiger charge is 2.25. The van der Waals surface area contributed by atoms with E-state index in [1.165, 1.54) is 0 Å². The van der Waals surface area contributed by atoms with Crippen LogP contribution in [0.3, 0.4) is 0 Å². The number of carboxylic acid groups (broad SMARTS) is 1. The van der Waals surface area contributed by atoms with Gasteiger partial charge in [0.25, 0.3) is 0 Å². The van der Waals surface area contributed by atoms with Crippen LogP contribution in [0.4, 0.5) is 4.79 Å². The number of nitrogens with two attached hydrogens (primary N) is 1. The maximum absolute atomic E-state index is 12.1. The van der Waals surface area contributed by atoms with Crippen LogP contribution < -0.4 is 5.73 Å². The van der Waals surface area contributed by atoms with Crippen molar-refractivity contribution in [3.05, 3.63) is 0 Å². The number of piperidine rings is 1. The molecule has 114 valence electrons. The van der Waals surface area contributed by atoms with E-state index < -0.39 is 5.97 Å². The van der Waals surface area contributed by atoms with Crippen LogP contribution in [0.2, 0.25) is 0 Å². The molecule has 1 rings (SSSR count). The number of urea groups is 1. The van der Waals surface area contributed by atoms with Crippen molar-refractivity contribution >= 4 is 17.9 Å². The number of nitrogens with zero attached hydrogens (tertiary/aromatic N) is 2. The first-order chi connectivity index (χ1) is 9.40. The number of rotatable bonds is 6. The van der Waals surface area contributed by atoms with E-state index in [0.29, 0.717) is 32.5 Å². The van der Waals surface area contributed by atoms with Gasteiger partial charge in [0, 0.05) is 39.5 Å². The number of hydrogen-bond acceptors (Lipinski definition) is 3. The Hall–Kier alpha value is -1.79. The molecule has 1 aliphatic heterocycles. The van der Waals surface area contributed by atoms with Crippen LogP contribution in [0.1, 0.15) is 32.1 Å². The van der Waals surface area contributed by atoms with Crippen LogP contribution in [0, 0.1) is 5.92 Å². The lowest BCUT2D eigenvalue weighted by molar-refractivity contribution is -0.137. The van der Waals surface area contributed by atoms with Gasteiger partial charge < -0.3 is 20.6 Å². The van der Waals surface area contributed by atoms with Gasteiger partial charge in [-0.25, -0.2) is 4.79 Å². The Morgan fingerprint density at radius 3 is 2.40 bits per heavy atom. The largest absolute Gasteiger partial charge is 0.481 e. The fraction of sp³-hybridized carbons (Fsp3) is 0.769. The summed E-state index contributed by atoms with van der Waals surface area (Å²) < 4.78 is 0. The molecule has 0 saturated carbocycles. The predicted octanol–water partition coefficient (Wildman–Crippen LogP) is 0.490. The summed E-state index contributed by atoms with van der Waals surface area (Å²) in [5, 5.41) is 8.56. The van der Waals surface area contributed by atoms with Gasteiger partial charge in [-0.05, 0) is 25.2 Å². The van der Waals surface area contributed by atoms with Gasteiger partial charge in [-0.1, -0.05) is 0 Å². The lowest BCUT2D eigenvalue weighted by Crippen LogP contribution is -2.45. The van der Waals surface area contributed by atoms with E-state index >= 15 is 0 Å². The Morgan fingerprint density at radius 2 is 1.90 bits per heavy atom. The van der Waals surface area contributed by atoms with E-state index in [4.69, 9.17) is 10.8 Å². The van der Waals surface area contributed by atoms with Gasteiger partial charge in [0.15, 0.2) is 0 Å². The van der Waals surface area contributed by atoms with Crippen LogP contribution in [0.15, 0.2) is 0 Å². The van der Waals surface area contributed by atoms with Crippen LogP contribution in [-0.2, 0) is 9.59 Å². The number of likely N-dealkylation sites (tertiary alicyclic amines) is 1. The number of carboxylic acids is 1. The molecule has 0 spiro atoms. The third kappa shape index (κ3) is 5.46. The molecule has 7 nitrogen and oxygen atoms in total. The lowest BCUT2D eigenvalue weighted by Gasteiger charge is -2.34. The minimum absolute atomic E-state index is 0.0678. The smallest absolute Gasteiger partial charge is 0.319 e. The van der Waals surface area contributed by atoms with E-state index in [1.807, 2.05) is 0 Å². The number of carbonyl (C=O) groups is 3. The van der Waals surface area contributed by atoms with E-state index in [1.54, 1.807) is 16.8 Å². The third-order valence-corrected chi connectivity index (χ3v) is 3.59. The Balaban J connectivity index is 2.30. The molecular formula is C13H23N3O4. The van der Waals surface area contributed by atoms with Crippen molar-refractivity contribution in [2.75, 3.05) is 26.7 Å². The summed E-state index contributed by atoms with van der Waals surface area (Å²) in [6.45, 7) is 1.69. The molecule has 1 saturated heterocycles. The minimum atomic E-state index is -0.849. The summed E-state index contributed by atoms with van der Waals surface area (Å²) in [5.41, 5.74) is 5.17. The van der Waals surface area contributed by atoms with Gasteiger partial charge >= 0.3 is 12.0 Å². The van der Waals surface area contributed by atoms with Gasteiger partial charge in [0.1, 0.15) is 0 Å². The molecule has 0 radical (unpaired) electrons. The highest BCUT2D eigenvalue weighted by Crippen LogP contribution is 2.20. The maximum atomic E-state index is 12.1. The van der Waals surface area contributed by atoms with E-state index in [9.17, 15) is 14.4 Å². The fourth-order valence-corrected chi connectivity index (χ4v) is 2.42. The first-order valence-electron chi connectivity index (χ1n) is 6.90. The van der Waals surface area contributed by atoms with Gasteiger partial charge in [-0.3, -0.25) is 9.59 Å². The zero-order valence-electron chi connectivity index (χ0n) is 11.9. The Kier molecular flexibility index (Phi) is 6.27. The van der Waals surface area contributed by atoms with Crippen molar-refractivity contribution in [2.24, 2.45) is 11.7 Å². The van der Waals surface area contributed by atoms with Gasteiger partial charge in [0.2, 0.25) is 5.91 Å². The van der Waals surface area contributed by atoms with Crippen molar-refractivity contribution in [1.82, 2.24) is 9.80 Å². The molecule has 1 fully saturated rings. The van der Waals surface area contributed by atoms with Crippen LogP contribution in [0.5, 0.6) is 0 Å². The first kappa shape index (κ1) is 16.3. The van der Waals surface area contributed by atoms with Gasteiger partial charge in [-0.15, -0.1) is 0 Å². The third-order valence-electron chi connectivity index (χ3n) is 3.59. The van der Waals surface area contributed by atoms with Crippen molar-refractivity contribution in [1.29, 1.82) is 0 Å². The predicted molar refractivity (Wildman–Crippen MR) is 73.0 cm³/mol. The summed E-state index contributed by atoms with van der Waals surface area (Å²) in [6, 6.07) is -0.0760. The zero-order chi connectivity index (χ0) is 15.1. The lowest BCUT2D eigenvalue weighted by atomic mass is 9.93. The second-order valence-electron chi connectivity index (χ2n) is 5.30. The minimum Gasteiger partial charge on any atom is -0.481 e. The summed E-state index contributed by atoms with van der Waals surface area (Å²) in [5.74, 6) is -0.868. The number of carbonyl (C=O) groups excluding carboxylic acids is 2. The Morgan fingerprint density at radius 1 is 1.30 bits per heavy atom. The highest BCUT2D eigenvalue weighted by molar-refractivity contribution is 5.75. The molecular weight excluding hydrogens is 262 g/mol. The number of primary amides is 1. The molecule has 0 aromatic heterocycles. The molecule has 1 aliphatic rings. The SMILES string of the molecule is CN(CCCC(=O)O)C(=O)N1CCC(CC(N)=O)CC1. The average Bonchev–Trinajstić information content (AvgIpc) is 2.37. The second kappa shape index (κ2) is 7.72. The Bertz CT molecular complexity index is 365. The zero-order valence-corrected chi connectivity index (χ0v) is 11.9. The fourth-order valence-electron chi connectivity index (χ4n) is 2.42. The average molecular weight is 285 g/mol. The summed E-state index contributed by atoms with van der Waals surface area (Å²) in [6.07, 6.45) is 2.49. The topological polar surface area (TPSA) is 104 Å². The van der Waals surface area contributed by atoms with Crippen LogP contribution >= 0.6 is 0 Å². The first-order valence-corrected chi connectivity index (χ1v) is 6.90. The maximum Gasteiger partial charge on any atom is 0.319 e. The van der Waals surface area contributed by atoms with Crippen LogP contribution in [-0.4, -0.2) is 59.5 Å². The van der Waals surface area contributed by atoms with Gasteiger partial charge in [0.05, 0.1) is 0 Å². The standard InChI is InChI=1S/C13H23N3O4/c1-15(6-2-3-12(18)19)13(20)16-7-4-10(5-8-16)9-11(14)17/h10H,2-9H2,1H3,(H2,14,17)(H,18,19). The molecule has 0 aromatic carbocycles. The van der Waals surface area contributed by atoms with Crippen molar-refractivity contribution < 1.29 is 19.5 Å². The molecule has 7 heteroatoms. The van der Waals surface area contributed by atoms with E-state index in [2.05, 4.69) is 0 Å².